The number of ether oxygens (including phenoxy) is 2. The first kappa shape index (κ1) is 14.8. The summed E-state index contributed by atoms with van der Waals surface area (Å²) in [5.74, 6) is 1.30. The van der Waals surface area contributed by atoms with Gasteiger partial charge in [0.2, 0.25) is 6.79 Å². The van der Waals surface area contributed by atoms with E-state index in [0.717, 1.165) is 13.0 Å². The summed E-state index contributed by atoms with van der Waals surface area (Å²) in [6.45, 7) is 4.95. The van der Waals surface area contributed by atoms with Gasteiger partial charge in [-0.3, -0.25) is 4.79 Å². The van der Waals surface area contributed by atoms with E-state index in [2.05, 4.69) is 5.32 Å². The second-order valence-electron chi connectivity index (χ2n) is 3.92. The van der Waals surface area contributed by atoms with Crippen molar-refractivity contribution in [1.82, 2.24) is 5.32 Å². The van der Waals surface area contributed by atoms with E-state index in [-0.39, 0.29) is 31.0 Å². The number of rotatable bonds is 5. The van der Waals surface area contributed by atoms with E-state index in [9.17, 15) is 4.79 Å². The zero-order chi connectivity index (χ0) is 12.3. The molecule has 1 atom stereocenters. The standard InChI is InChI=1S/C13H17NO3.ClH/c1-3-10(14-4-2)12(15)9-6-5-7-11-13(9)17-8-16-11;/h5-7,10,14H,3-4,8H2,1-2H3;1H. The maximum absolute atomic E-state index is 12.3. The monoisotopic (exact) mass is 271 g/mol. The minimum absolute atomic E-state index is 0. The van der Waals surface area contributed by atoms with E-state index >= 15 is 0 Å². The third kappa shape index (κ3) is 2.76. The van der Waals surface area contributed by atoms with Gasteiger partial charge in [0.05, 0.1) is 11.6 Å². The molecule has 0 saturated carbocycles. The average molecular weight is 272 g/mol. The third-order valence-electron chi connectivity index (χ3n) is 2.84. The first-order valence-electron chi connectivity index (χ1n) is 5.94. The fourth-order valence-electron chi connectivity index (χ4n) is 1.98. The van der Waals surface area contributed by atoms with Crippen LogP contribution in [0.2, 0.25) is 0 Å². The van der Waals surface area contributed by atoms with E-state index in [1.54, 1.807) is 6.07 Å². The Morgan fingerprint density at radius 3 is 2.83 bits per heavy atom. The minimum Gasteiger partial charge on any atom is -0.454 e. The molecule has 4 nitrogen and oxygen atoms in total. The predicted octanol–water partition coefficient (Wildman–Crippen LogP) is 2.41. The van der Waals surface area contributed by atoms with Crippen molar-refractivity contribution in [1.29, 1.82) is 0 Å². The van der Waals surface area contributed by atoms with Crippen LogP contribution < -0.4 is 14.8 Å². The van der Waals surface area contributed by atoms with Gasteiger partial charge in [-0.2, -0.15) is 0 Å². The van der Waals surface area contributed by atoms with Crippen LogP contribution in [0.4, 0.5) is 0 Å². The van der Waals surface area contributed by atoms with Crippen LogP contribution in [0.5, 0.6) is 11.5 Å². The molecule has 1 aromatic carbocycles. The number of hydrogen-bond donors (Lipinski definition) is 1. The van der Waals surface area contributed by atoms with Crippen LogP contribution in [0.15, 0.2) is 18.2 Å². The Balaban J connectivity index is 0.00000162. The Morgan fingerprint density at radius 2 is 2.17 bits per heavy atom. The fraction of sp³-hybridized carbons (Fsp3) is 0.462. The van der Waals surface area contributed by atoms with Gasteiger partial charge in [-0.25, -0.2) is 0 Å². The summed E-state index contributed by atoms with van der Waals surface area (Å²) in [5, 5.41) is 3.18. The van der Waals surface area contributed by atoms with E-state index in [4.69, 9.17) is 9.47 Å². The molecule has 0 amide bonds. The first-order valence-corrected chi connectivity index (χ1v) is 5.94. The lowest BCUT2D eigenvalue weighted by Gasteiger charge is -2.15. The second kappa shape index (κ2) is 6.61. The van der Waals surface area contributed by atoms with Gasteiger partial charge < -0.3 is 14.8 Å². The molecule has 1 aliphatic rings. The molecule has 100 valence electrons. The number of hydrogen-bond acceptors (Lipinski definition) is 4. The van der Waals surface area contributed by atoms with Gasteiger partial charge in [0.15, 0.2) is 17.3 Å². The number of likely N-dealkylation sites (N-methyl/N-ethyl adjacent to an activating group) is 1. The van der Waals surface area contributed by atoms with Crippen LogP contribution in [0.3, 0.4) is 0 Å². The van der Waals surface area contributed by atoms with Crippen LogP contribution in [-0.2, 0) is 0 Å². The van der Waals surface area contributed by atoms with Crippen LogP contribution in [-0.4, -0.2) is 25.2 Å². The molecule has 1 N–H and O–H groups in total. The summed E-state index contributed by atoms with van der Waals surface area (Å²) in [6, 6.07) is 5.26. The van der Waals surface area contributed by atoms with E-state index in [1.165, 1.54) is 0 Å². The van der Waals surface area contributed by atoms with Crippen LogP contribution in [0, 0.1) is 0 Å². The lowest BCUT2D eigenvalue weighted by Crippen LogP contribution is -2.36. The van der Waals surface area contributed by atoms with Crippen molar-refractivity contribution < 1.29 is 14.3 Å². The summed E-state index contributed by atoms with van der Waals surface area (Å²) in [5.41, 5.74) is 0.604. The highest BCUT2D eigenvalue weighted by Crippen LogP contribution is 2.35. The fourth-order valence-corrected chi connectivity index (χ4v) is 1.98. The summed E-state index contributed by atoms with van der Waals surface area (Å²) in [7, 11) is 0. The minimum atomic E-state index is -0.157. The molecule has 0 radical (unpaired) electrons. The summed E-state index contributed by atoms with van der Waals surface area (Å²) in [6.07, 6.45) is 0.761. The van der Waals surface area contributed by atoms with Crippen molar-refractivity contribution in [3.8, 4) is 11.5 Å². The summed E-state index contributed by atoms with van der Waals surface area (Å²) < 4.78 is 10.6. The number of ketones is 1. The molecule has 1 heterocycles. The van der Waals surface area contributed by atoms with E-state index in [0.29, 0.717) is 17.1 Å². The topological polar surface area (TPSA) is 47.6 Å². The van der Waals surface area contributed by atoms with Gasteiger partial charge in [0.1, 0.15) is 0 Å². The van der Waals surface area contributed by atoms with Crippen molar-refractivity contribution in [2.45, 2.75) is 26.3 Å². The Morgan fingerprint density at radius 1 is 1.39 bits per heavy atom. The van der Waals surface area contributed by atoms with Gasteiger partial charge in [-0.05, 0) is 25.1 Å². The Kier molecular flexibility index (Phi) is 5.44. The molecular weight excluding hydrogens is 254 g/mol. The Bertz CT molecular complexity index is 423. The van der Waals surface area contributed by atoms with E-state index in [1.807, 2.05) is 26.0 Å². The van der Waals surface area contributed by atoms with E-state index < -0.39 is 0 Å². The number of carbonyl (C=O) groups excluding carboxylic acids is 1. The molecular formula is C13H18ClNO3. The summed E-state index contributed by atoms with van der Waals surface area (Å²) in [4.78, 5) is 12.3. The number of nitrogens with one attached hydrogen (secondary N) is 1. The first-order chi connectivity index (χ1) is 8.27. The highest BCUT2D eigenvalue weighted by atomic mass is 35.5. The van der Waals surface area contributed by atoms with Gasteiger partial charge in [0, 0.05) is 0 Å². The van der Waals surface area contributed by atoms with Crippen molar-refractivity contribution in [2.24, 2.45) is 0 Å². The number of para-hydroxylation sites is 1. The zero-order valence-electron chi connectivity index (χ0n) is 10.6. The molecule has 0 fully saturated rings. The average Bonchev–Trinajstić information content (AvgIpc) is 2.83. The Hall–Kier alpha value is -1.26. The van der Waals surface area contributed by atoms with Gasteiger partial charge >= 0.3 is 0 Å². The Labute approximate surface area is 113 Å². The van der Waals surface area contributed by atoms with Crippen molar-refractivity contribution in [3.05, 3.63) is 23.8 Å². The lowest BCUT2D eigenvalue weighted by molar-refractivity contribution is 0.0937. The number of Topliss-reactive ketones (excluding diaryl/α,β-unsaturated/α-hetero) is 1. The van der Waals surface area contributed by atoms with Crippen LogP contribution in [0.25, 0.3) is 0 Å². The van der Waals surface area contributed by atoms with Crippen LogP contribution in [0.1, 0.15) is 30.6 Å². The number of fused-ring (bicyclic) bond motifs is 1. The quantitative estimate of drug-likeness (QED) is 0.836. The molecule has 1 aliphatic heterocycles. The number of carbonyl (C=O) groups is 1. The maximum Gasteiger partial charge on any atom is 0.231 e. The van der Waals surface area contributed by atoms with Gasteiger partial charge in [-0.15, -0.1) is 12.4 Å². The molecule has 18 heavy (non-hydrogen) atoms. The normalized spacial score (nSPS) is 13.9. The maximum atomic E-state index is 12.3. The molecule has 0 bridgehead atoms. The van der Waals surface area contributed by atoms with Gasteiger partial charge in [-0.1, -0.05) is 19.9 Å². The number of benzene rings is 1. The molecule has 0 aromatic heterocycles. The summed E-state index contributed by atoms with van der Waals surface area (Å²) >= 11 is 0. The highest BCUT2D eigenvalue weighted by molar-refractivity contribution is 6.03. The molecule has 0 aliphatic carbocycles. The van der Waals surface area contributed by atoms with Crippen LogP contribution >= 0.6 is 12.4 Å². The van der Waals surface area contributed by atoms with Crippen molar-refractivity contribution >= 4 is 18.2 Å². The highest BCUT2D eigenvalue weighted by Gasteiger charge is 2.25. The molecule has 0 spiro atoms. The SMILES string of the molecule is CCNC(CC)C(=O)c1cccc2c1OCO2.Cl. The van der Waals surface area contributed by atoms with Gasteiger partial charge in [0.25, 0.3) is 0 Å². The van der Waals surface area contributed by atoms with Crippen molar-refractivity contribution in [2.75, 3.05) is 13.3 Å². The van der Waals surface area contributed by atoms with Crippen molar-refractivity contribution in [3.63, 3.8) is 0 Å². The predicted molar refractivity (Wildman–Crippen MR) is 71.9 cm³/mol. The largest absolute Gasteiger partial charge is 0.454 e. The second-order valence-corrected chi connectivity index (χ2v) is 3.92. The molecule has 5 heteroatoms. The molecule has 0 saturated heterocycles. The number of halogens is 1. The molecule has 1 unspecified atom stereocenters. The smallest absolute Gasteiger partial charge is 0.231 e. The molecule has 1 aromatic rings. The lowest BCUT2D eigenvalue weighted by atomic mass is 10.0. The zero-order valence-corrected chi connectivity index (χ0v) is 11.4. The third-order valence-corrected chi connectivity index (χ3v) is 2.84. The molecule has 2 rings (SSSR count).